The van der Waals surface area contributed by atoms with E-state index in [9.17, 15) is 13.6 Å². The number of amides is 2. The smallest absolute Gasteiger partial charge is 0.307 e. The van der Waals surface area contributed by atoms with Gasteiger partial charge in [-0.1, -0.05) is 23.7 Å². The van der Waals surface area contributed by atoms with E-state index in [0.717, 1.165) is 5.69 Å². The number of nitrogens with one attached hydrogen (secondary N) is 1. The standard InChI is InChI=1S/C22H19ClF2N4O/c1-14-12-17(8-10-26-14)27-21(30)29-11-3-9-22(24,25)18-6-7-19(28-20(18)29)15-4-2-5-16(23)13-15/h2,4-8,10,12-13H,3,9,11H2,1H3,(H,26,27,30). The SMILES string of the molecule is Cc1cc(NC(=O)N2CCCC(F)(F)c3ccc(-c4cccc(Cl)c4)nc32)ccn1. The Bertz CT molecular complexity index is 1110. The molecule has 1 aliphatic heterocycles. The molecule has 1 aliphatic rings. The monoisotopic (exact) mass is 428 g/mol. The van der Waals surface area contributed by atoms with Crippen LogP contribution in [-0.4, -0.2) is 22.5 Å². The highest BCUT2D eigenvalue weighted by molar-refractivity contribution is 6.30. The van der Waals surface area contributed by atoms with Crippen LogP contribution in [0.5, 0.6) is 0 Å². The summed E-state index contributed by atoms with van der Waals surface area (Å²) < 4.78 is 29.5. The first kappa shape index (κ1) is 20.2. The van der Waals surface area contributed by atoms with Crippen LogP contribution in [0.4, 0.5) is 25.1 Å². The Morgan fingerprint density at radius 1 is 1.20 bits per heavy atom. The van der Waals surface area contributed by atoms with Crippen LogP contribution in [0.1, 0.15) is 24.1 Å². The first-order valence-corrected chi connectivity index (χ1v) is 9.88. The first-order chi connectivity index (χ1) is 14.3. The highest BCUT2D eigenvalue weighted by Crippen LogP contribution is 2.42. The Kier molecular flexibility index (Phi) is 5.39. The molecule has 0 saturated carbocycles. The van der Waals surface area contributed by atoms with Crippen molar-refractivity contribution in [3.63, 3.8) is 0 Å². The van der Waals surface area contributed by atoms with E-state index in [1.54, 1.807) is 49.5 Å². The van der Waals surface area contributed by atoms with Gasteiger partial charge in [0.05, 0.1) is 11.3 Å². The van der Waals surface area contributed by atoms with Crippen molar-refractivity contribution in [3.05, 3.63) is 71.0 Å². The summed E-state index contributed by atoms with van der Waals surface area (Å²) in [6, 6.07) is 12.7. The molecule has 2 amide bonds. The summed E-state index contributed by atoms with van der Waals surface area (Å²) in [7, 11) is 0. The van der Waals surface area contributed by atoms with Crippen LogP contribution in [0.25, 0.3) is 11.3 Å². The second-order valence-corrected chi connectivity index (χ2v) is 7.59. The van der Waals surface area contributed by atoms with Crippen molar-refractivity contribution >= 4 is 29.1 Å². The van der Waals surface area contributed by atoms with E-state index < -0.39 is 12.0 Å². The molecular weight excluding hydrogens is 410 g/mol. The van der Waals surface area contributed by atoms with Crippen molar-refractivity contribution in [1.29, 1.82) is 0 Å². The molecule has 154 valence electrons. The number of urea groups is 1. The molecule has 30 heavy (non-hydrogen) atoms. The molecule has 0 unspecified atom stereocenters. The highest BCUT2D eigenvalue weighted by atomic mass is 35.5. The largest absolute Gasteiger partial charge is 0.327 e. The predicted octanol–water partition coefficient (Wildman–Crippen LogP) is 6.03. The molecule has 0 radical (unpaired) electrons. The Morgan fingerprint density at radius 3 is 2.80 bits per heavy atom. The molecular formula is C22H19ClF2N4O. The third kappa shape index (κ3) is 4.11. The fourth-order valence-electron chi connectivity index (χ4n) is 3.46. The van der Waals surface area contributed by atoms with E-state index in [0.29, 0.717) is 22.0 Å². The van der Waals surface area contributed by atoms with Crippen LogP contribution in [-0.2, 0) is 5.92 Å². The number of carbonyl (C=O) groups excluding carboxylic acids is 1. The second kappa shape index (κ2) is 7.99. The number of aryl methyl sites for hydroxylation is 1. The van der Waals surface area contributed by atoms with Crippen molar-refractivity contribution < 1.29 is 13.6 Å². The lowest BCUT2D eigenvalue weighted by molar-refractivity contribution is -0.0122. The van der Waals surface area contributed by atoms with Gasteiger partial charge in [0.1, 0.15) is 5.82 Å². The van der Waals surface area contributed by atoms with Gasteiger partial charge in [0.2, 0.25) is 0 Å². The molecule has 0 spiro atoms. The summed E-state index contributed by atoms with van der Waals surface area (Å²) in [6.45, 7) is 1.93. The van der Waals surface area contributed by atoms with Crippen molar-refractivity contribution in [2.45, 2.75) is 25.7 Å². The molecule has 5 nitrogen and oxygen atoms in total. The van der Waals surface area contributed by atoms with Crippen molar-refractivity contribution in [2.75, 3.05) is 16.8 Å². The number of anilines is 2. The van der Waals surface area contributed by atoms with E-state index in [4.69, 9.17) is 11.6 Å². The fraction of sp³-hybridized carbons (Fsp3) is 0.227. The normalized spacial score (nSPS) is 15.3. The summed E-state index contributed by atoms with van der Waals surface area (Å²) in [4.78, 5) is 22.8. The highest BCUT2D eigenvalue weighted by Gasteiger charge is 2.40. The second-order valence-electron chi connectivity index (χ2n) is 7.15. The van der Waals surface area contributed by atoms with E-state index in [2.05, 4.69) is 15.3 Å². The molecule has 3 aromatic rings. The van der Waals surface area contributed by atoms with Gasteiger partial charge in [-0.05, 0) is 49.7 Å². The van der Waals surface area contributed by atoms with Crippen LogP contribution in [0.15, 0.2) is 54.7 Å². The minimum Gasteiger partial charge on any atom is -0.307 e. The average Bonchev–Trinajstić information content (AvgIpc) is 2.83. The number of aromatic nitrogens is 2. The van der Waals surface area contributed by atoms with Crippen molar-refractivity contribution in [1.82, 2.24) is 9.97 Å². The third-order valence-electron chi connectivity index (χ3n) is 4.91. The lowest BCUT2D eigenvalue weighted by atomic mass is 10.0. The molecule has 0 atom stereocenters. The zero-order valence-electron chi connectivity index (χ0n) is 16.2. The molecule has 2 aromatic heterocycles. The number of alkyl halides is 2. The maximum Gasteiger partial charge on any atom is 0.327 e. The minimum atomic E-state index is -3.07. The molecule has 0 aliphatic carbocycles. The Labute approximate surface area is 177 Å². The number of hydrogen-bond acceptors (Lipinski definition) is 3. The zero-order valence-corrected chi connectivity index (χ0v) is 17.0. The predicted molar refractivity (Wildman–Crippen MR) is 113 cm³/mol. The number of benzene rings is 1. The number of nitrogens with zero attached hydrogens (tertiary/aromatic N) is 3. The van der Waals surface area contributed by atoms with Crippen LogP contribution >= 0.6 is 11.6 Å². The lowest BCUT2D eigenvalue weighted by Gasteiger charge is -2.24. The van der Waals surface area contributed by atoms with Crippen LogP contribution in [0, 0.1) is 6.92 Å². The molecule has 1 aromatic carbocycles. The molecule has 0 bridgehead atoms. The van der Waals surface area contributed by atoms with Gasteiger partial charge in [-0.25, -0.2) is 18.6 Å². The van der Waals surface area contributed by atoms with Crippen LogP contribution in [0.3, 0.4) is 0 Å². The summed E-state index contributed by atoms with van der Waals surface area (Å²) in [5.74, 6) is -3.12. The molecule has 1 N–H and O–H groups in total. The van der Waals surface area contributed by atoms with Crippen LogP contribution in [0.2, 0.25) is 5.02 Å². The topological polar surface area (TPSA) is 58.1 Å². The van der Waals surface area contributed by atoms with Crippen molar-refractivity contribution in [3.8, 4) is 11.3 Å². The van der Waals surface area contributed by atoms with Crippen LogP contribution < -0.4 is 10.2 Å². The Morgan fingerprint density at radius 2 is 2.03 bits per heavy atom. The first-order valence-electron chi connectivity index (χ1n) is 9.50. The van der Waals surface area contributed by atoms with Gasteiger partial charge in [0.15, 0.2) is 0 Å². The van der Waals surface area contributed by atoms with E-state index in [-0.39, 0.29) is 30.8 Å². The molecule has 0 fully saturated rings. The van der Waals surface area contributed by atoms with Gasteiger partial charge >= 0.3 is 6.03 Å². The number of fused-ring (bicyclic) bond motifs is 1. The summed E-state index contributed by atoms with van der Waals surface area (Å²) in [5, 5.41) is 3.27. The van der Waals surface area contributed by atoms with E-state index in [1.807, 2.05) is 0 Å². The number of carbonyl (C=O) groups is 1. The van der Waals surface area contributed by atoms with Crippen molar-refractivity contribution in [2.24, 2.45) is 0 Å². The van der Waals surface area contributed by atoms with E-state index in [1.165, 1.54) is 17.0 Å². The Balaban J connectivity index is 1.75. The maximum absolute atomic E-state index is 14.7. The lowest BCUT2D eigenvalue weighted by Crippen LogP contribution is -2.36. The summed E-state index contributed by atoms with van der Waals surface area (Å²) in [5.41, 5.74) is 2.16. The number of halogens is 3. The van der Waals surface area contributed by atoms with Gasteiger partial charge in [-0.3, -0.25) is 9.88 Å². The van der Waals surface area contributed by atoms with Gasteiger partial charge in [0, 0.05) is 41.1 Å². The quantitative estimate of drug-likeness (QED) is 0.542. The van der Waals surface area contributed by atoms with Gasteiger partial charge in [0.25, 0.3) is 5.92 Å². The fourth-order valence-corrected chi connectivity index (χ4v) is 3.65. The maximum atomic E-state index is 14.7. The van der Waals surface area contributed by atoms with Gasteiger partial charge in [-0.15, -0.1) is 0 Å². The molecule has 4 rings (SSSR count). The molecule has 3 heterocycles. The third-order valence-corrected chi connectivity index (χ3v) is 5.15. The van der Waals surface area contributed by atoms with Gasteiger partial charge in [-0.2, -0.15) is 0 Å². The summed E-state index contributed by atoms with van der Waals surface area (Å²) in [6.07, 6.45) is 1.37. The molecule has 0 saturated heterocycles. The number of hydrogen-bond donors (Lipinski definition) is 1. The number of rotatable bonds is 2. The Hall–Kier alpha value is -3.06. The molecule has 8 heteroatoms. The van der Waals surface area contributed by atoms with Gasteiger partial charge < -0.3 is 5.32 Å². The average molecular weight is 429 g/mol. The minimum absolute atomic E-state index is 0.0433. The summed E-state index contributed by atoms with van der Waals surface area (Å²) >= 11 is 6.06. The zero-order chi connectivity index (χ0) is 21.3. The van der Waals surface area contributed by atoms with E-state index >= 15 is 0 Å². The number of pyridine rings is 2.